The molecule has 0 aliphatic rings. The Bertz CT molecular complexity index is 369. The van der Waals surface area contributed by atoms with E-state index in [0.29, 0.717) is 5.76 Å². The SMILES string of the molecule is CNC(c1ccco1)C(C)S(C)(=O)=O. The number of nitrogens with one attached hydrogen (secondary N) is 1. The van der Waals surface area contributed by atoms with Crippen molar-refractivity contribution in [3.8, 4) is 0 Å². The maximum atomic E-state index is 11.3. The summed E-state index contributed by atoms with van der Waals surface area (Å²) in [4.78, 5) is 0. The van der Waals surface area contributed by atoms with Gasteiger partial charge in [-0.15, -0.1) is 0 Å². The quantitative estimate of drug-likeness (QED) is 0.816. The summed E-state index contributed by atoms with van der Waals surface area (Å²) in [6.07, 6.45) is 2.76. The monoisotopic (exact) mass is 217 g/mol. The van der Waals surface area contributed by atoms with E-state index in [0.717, 1.165) is 0 Å². The first kappa shape index (κ1) is 11.3. The molecule has 2 unspecified atom stereocenters. The first-order chi connectivity index (χ1) is 6.46. The molecule has 0 saturated carbocycles. The van der Waals surface area contributed by atoms with Gasteiger partial charge < -0.3 is 9.73 Å². The summed E-state index contributed by atoms with van der Waals surface area (Å²) in [7, 11) is -1.35. The summed E-state index contributed by atoms with van der Waals surface area (Å²) in [5.74, 6) is 0.644. The smallest absolute Gasteiger partial charge is 0.152 e. The first-order valence-electron chi connectivity index (χ1n) is 4.36. The third-order valence-corrected chi connectivity index (χ3v) is 3.93. The van der Waals surface area contributed by atoms with Crippen LogP contribution in [0.5, 0.6) is 0 Å². The molecule has 0 aromatic carbocycles. The molecule has 0 amide bonds. The molecule has 0 fully saturated rings. The highest BCUT2D eigenvalue weighted by molar-refractivity contribution is 7.91. The Labute approximate surface area is 84.2 Å². The second-order valence-corrected chi connectivity index (χ2v) is 5.72. The molecule has 2 atom stereocenters. The number of hydrogen-bond donors (Lipinski definition) is 1. The molecule has 0 spiro atoms. The van der Waals surface area contributed by atoms with E-state index in [9.17, 15) is 8.42 Å². The summed E-state index contributed by atoms with van der Waals surface area (Å²) in [5.41, 5.74) is 0. The van der Waals surface area contributed by atoms with E-state index in [-0.39, 0.29) is 6.04 Å². The van der Waals surface area contributed by atoms with Crippen LogP contribution in [0.2, 0.25) is 0 Å². The molecule has 80 valence electrons. The molecule has 1 aromatic heterocycles. The van der Waals surface area contributed by atoms with Crippen LogP contribution in [0.25, 0.3) is 0 Å². The Balaban J connectivity index is 2.94. The molecule has 1 heterocycles. The molecule has 14 heavy (non-hydrogen) atoms. The summed E-state index contributed by atoms with van der Waals surface area (Å²) < 4.78 is 27.9. The normalized spacial score (nSPS) is 16.5. The lowest BCUT2D eigenvalue weighted by Crippen LogP contribution is -2.32. The molecule has 0 radical (unpaired) electrons. The molecule has 4 nitrogen and oxygen atoms in total. The van der Waals surface area contributed by atoms with Gasteiger partial charge in [0.2, 0.25) is 0 Å². The Morgan fingerprint density at radius 3 is 2.50 bits per heavy atom. The maximum absolute atomic E-state index is 11.3. The number of rotatable bonds is 4. The average molecular weight is 217 g/mol. The van der Waals surface area contributed by atoms with Gasteiger partial charge in [0.25, 0.3) is 0 Å². The Hall–Kier alpha value is -0.810. The van der Waals surface area contributed by atoms with Crippen LogP contribution >= 0.6 is 0 Å². The zero-order chi connectivity index (χ0) is 10.8. The van der Waals surface area contributed by atoms with Crippen molar-refractivity contribution in [2.45, 2.75) is 18.2 Å². The Morgan fingerprint density at radius 1 is 1.50 bits per heavy atom. The van der Waals surface area contributed by atoms with Crippen molar-refractivity contribution in [3.05, 3.63) is 24.2 Å². The van der Waals surface area contributed by atoms with Crippen LogP contribution in [0.4, 0.5) is 0 Å². The predicted octanol–water partition coefficient (Wildman–Crippen LogP) is 0.973. The highest BCUT2D eigenvalue weighted by Gasteiger charge is 2.27. The van der Waals surface area contributed by atoms with Gasteiger partial charge in [0.05, 0.1) is 17.6 Å². The van der Waals surface area contributed by atoms with Crippen molar-refractivity contribution in [1.82, 2.24) is 5.32 Å². The van der Waals surface area contributed by atoms with Gasteiger partial charge in [-0.1, -0.05) is 0 Å². The van der Waals surface area contributed by atoms with Crippen molar-refractivity contribution >= 4 is 9.84 Å². The van der Waals surface area contributed by atoms with Gasteiger partial charge in [0, 0.05) is 6.26 Å². The third-order valence-electron chi connectivity index (χ3n) is 2.31. The molecule has 1 rings (SSSR count). The van der Waals surface area contributed by atoms with Gasteiger partial charge in [0.1, 0.15) is 5.76 Å². The van der Waals surface area contributed by atoms with E-state index in [1.807, 2.05) is 0 Å². The average Bonchev–Trinajstić information content (AvgIpc) is 2.57. The minimum Gasteiger partial charge on any atom is -0.468 e. The van der Waals surface area contributed by atoms with Crippen LogP contribution in [0, 0.1) is 0 Å². The van der Waals surface area contributed by atoms with E-state index < -0.39 is 15.1 Å². The third kappa shape index (κ3) is 2.36. The van der Waals surface area contributed by atoms with E-state index in [1.54, 1.807) is 26.1 Å². The fourth-order valence-electron chi connectivity index (χ4n) is 1.32. The van der Waals surface area contributed by atoms with Crippen LogP contribution in [-0.4, -0.2) is 27.0 Å². The summed E-state index contributed by atoms with van der Waals surface area (Å²) >= 11 is 0. The van der Waals surface area contributed by atoms with Crippen molar-refractivity contribution in [1.29, 1.82) is 0 Å². The van der Waals surface area contributed by atoms with Crippen LogP contribution in [0.15, 0.2) is 22.8 Å². The molecular weight excluding hydrogens is 202 g/mol. The van der Waals surface area contributed by atoms with E-state index in [1.165, 1.54) is 12.5 Å². The van der Waals surface area contributed by atoms with E-state index in [4.69, 9.17) is 4.42 Å². The first-order valence-corrected chi connectivity index (χ1v) is 6.32. The van der Waals surface area contributed by atoms with E-state index in [2.05, 4.69) is 5.32 Å². The lowest BCUT2D eigenvalue weighted by Gasteiger charge is -2.19. The highest BCUT2D eigenvalue weighted by Crippen LogP contribution is 2.21. The maximum Gasteiger partial charge on any atom is 0.152 e. The fraction of sp³-hybridized carbons (Fsp3) is 0.556. The minimum absolute atomic E-state index is 0.292. The predicted molar refractivity (Wildman–Crippen MR) is 54.8 cm³/mol. The van der Waals surface area contributed by atoms with Crippen molar-refractivity contribution in [2.24, 2.45) is 0 Å². The molecule has 0 aliphatic heterocycles. The van der Waals surface area contributed by atoms with Crippen LogP contribution < -0.4 is 5.32 Å². The van der Waals surface area contributed by atoms with E-state index >= 15 is 0 Å². The molecule has 0 saturated heterocycles. The van der Waals surface area contributed by atoms with Gasteiger partial charge in [-0.25, -0.2) is 8.42 Å². The van der Waals surface area contributed by atoms with Gasteiger partial charge in [-0.2, -0.15) is 0 Å². The molecule has 5 heteroatoms. The zero-order valence-electron chi connectivity index (χ0n) is 8.52. The molecular formula is C9H15NO3S. The summed E-state index contributed by atoms with van der Waals surface area (Å²) in [6.45, 7) is 1.67. The largest absolute Gasteiger partial charge is 0.468 e. The van der Waals surface area contributed by atoms with Crippen LogP contribution in [-0.2, 0) is 9.84 Å². The van der Waals surface area contributed by atoms with Gasteiger partial charge in [0.15, 0.2) is 9.84 Å². The lowest BCUT2D eigenvalue weighted by atomic mass is 10.2. The van der Waals surface area contributed by atoms with Crippen molar-refractivity contribution < 1.29 is 12.8 Å². The topological polar surface area (TPSA) is 59.3 Å². The Kier molecular flexibility index (Phi) is 3.34. The van der Waals surface area contributed by atoms with Gasteiger partial charge >= 0.3 is 0 Å². The molecule has 1 N–H and O–H groups in total. The number of furan rings is 1. The van der Waals surface area contributed by atoms with Gasteiger partial charge in [-0.3, -0.25) is 0 Å². The van der Waals surface area contributed by atoms with Gasteiger partial charge in [-0.05, 0) is 26.1 Å². The molecule has 1 aromatic rings. The summed E-state index contributed by atoms with van der Waals surface area (Å²) in [6, 6.07) is 3.22. The molecule has 0 bridgehead atoms. The highest BCUT2D eigenvalue weighted by atomic mass is 32.2. The minimum atomic E-state index is -3.06. The lowest BCUT2D eigenvalue weighted by molar-refractivity contribution is 0.421. The second-order valence-electron chi connectivity index (χ2n) is 3.32. The van der Waals surface area contributed by atoms with Crippen molar-refractivity contribution in [2.75, 3.05) is 13.3 Å². The fourth-order valence-corrected chi connectivity index (χ4v) is 2.09. The Morgan fingerprint density at radius 2 is 2.14 bits per heavy atom. The summed E-state index contributed by atoms with van der Waals surface area (Å²) in [5, 5.41) is 2.44. The standard InChI is InChI=1S/C9H15NO3S/c1-7(14(3,11)12)9(10-2)8-5-4-6-13-8/h4-7,9-10H,1-3H3. The van der Waals surface area contributed by atoms with Crippen molar-refractivity contribution in [3.63, 3.8) is 0 Å². The molecule has 0 aliphatic carbocycles. The second kappa shape index (κ2) is 4.14. The number of sulfone groups is 1. The zero-order valence-corrected chi connectivity index (χ0v) is 9.34. The number of hydrogen-bond acceptors (Lipinski definition) is 4. The van der Waals surface area contributed by atoms with Crippen LogP contribution in [0.3, 0.4) is 0 Å². The van der Waals surface area contributed by atoms with Crippen LogP contribution in [0.1, 0.15) is 18.7 Å².